The van der Waals surface area contributed by atoms with E-state index in [1.807, 2.05) is 18.2 Å². The molecule has 1 aliphatic heterocycles. The number of sulfone groups is 1. The minimum absolute atomic E-state index is 0.122. The summed E-state index contributed by atoms with van der Waals surface area (Å²) in [6.45, 7) is 1.18. The Morgan fingerprint density at radius 2 is 2.00 bits per heavy atom. The molecule has 0 saturated heterocycles. The number of benzene rings is 2. The SMILES string of the molecule is CS(=O)(=O)c1ccc(NCCNC(=O)Cc2ccc3c(c2)CCO3)c([N+](=O)[O-])c1. The van der Waals surface area contributed by atoms with E-state index in [2.05, 4.69) is 10.6 Å². The lowest BCUT2D eigenvalue weighted by molar-refractivity contribution is -0.384. The first-order valence-electron chi connectivity index (χ1n) is 8.98. The molecule has 1 amide bonds. The highest BCUT2D eigenvalue weighted by atomic mass is 32.2. The molecule has 2 aromatic carbocycles. The van der Waals surface area contributed by atoms with Gasteiger partial charge in [-0.1, -0.05) is 12.1 Å². The quantitative estimate of drug-likeness (QED) is 0.379. The second-order valence-corrected chi connectivity index (χ2v) is 8.72. The third kappa shape index (κ3) is 5.23. The number of hydrogen-bond donors (Lipinski definition) is 2. The van der Waals surface area contributed by atoms with Gasteiger partial charge in [-0.15, -0.1) is 0 Å². The lowest BCUT2D eigenvalue weighted by Crippen LogP contribution is -2.30. The van der Waals surface area contributed by atoms with Gasteiger partial charge in [0.05, 0.1) is 22.8 Å². The average Bonchev–Trinajstić information content (AvgIpc) is 3.12. The van der Waals surface area contributed by atoms with Gasteiger partial charge in [0.2, 0.25) is 5.91 Å². The predicted octanol–water partition coefficient (Wildman–Crippen LogP) is 1.70. The van der Waals surface area contributed by atoms with Crippen LogP contribution in [-0.2, 0) is 27.5 Å². The van der Waals surface area contributed by atoms with Crippen LogP contribution in [0.1, 0.15) is 11.1 Å². The molecule has 0 bridgehead atoms. The monoisotopic (exact) mass is 419 g/mol. The molecular weight excluding hydrogens is 398 g/mol. The fraction of sp³-hybridized carbons (Fsp3) is 0.316. The largest absolute Gasteiger partial charge is 0.493 e. The molecule has 0 saturated carbocycles. The third-order valence-corrected chi connectivity index (χ3v) is 5.59. The number of nitro groups is 1. The summed E-state index contributed by atoms with van der Waals surface area (Å²) in [5, 5.41) is 16.8. The zero-order chi connectivity index (χ0) is 21.0. The molecule has 0 fully saturated rings. The van der Waals surface area contributed by atoms with Gasteiger partial charge in [-0.3, -0.25) is 14.9 Å². The molecular formula is C19H21N3O6S. The molecule has 0 atom stereocenters. The number of carbonyl (C=O) groups is 1. The minimum Gasteiger partial charge on any atom is -0.493 e. The molecule has 29 heavy (non-hydrogen) atoms. The number of ether oxygens (including phenoxy) is 1. The Hall–Kier alpha value is -3.14. The summed E-state index contributed by atoms with van der Waals surface area (Å²) < 4.78 is 28.6. The Labute approximate surface area is 168 Å². The Balaban J connectivity index is 1.52. The summed E-state index contributed by atoms with van der Waals surface area (Å²) in [5.41, 5.74) is 1.85. The molecule has 9 nitrogen and oxygen atoms in total. The van der Waals surface area contributed by atoms with Crippen LogP contribution in [0.15, 0.2) is 41.3 Å². The van der Waals surface area contributed by atoms with E-state index in [4.69, 9.17) is 4.74 Å². The maximum Gasteiger partial charge on any atom is 0.293 e. The van der Waals surface area contributed by atoms with Gasteiger partial charge in [0.15, 0.2) is 9.84 Å². The van der Waals surface area contributed by atoms with Gasteiger partial charge in [0.1, 0.15) is 11.4 Å². The molecule has 10 heteroatoms. The molecule has 0 unspecified atom stereocenters. The summed E-state index contributed by atoms with van der Waals surface area (Å²) in [6.07, 6.45) is 2.06. The Morgan fingerprint density at radius 3 is 2.72 bits per heavy atom. The van der Waals surface area contributed by atoms with E-state index < -0.39 is 14.8 Å². The number of rotatable bonds is 8. The van der Waals surface area contributed by atoms with Gasteiger partial charge in [-0.2, -0.15) is 0 Å². The molecule has 2 aromatic rings. The van der Waals surface area contributed by atoms with Crippen molar-refractivity contribution in [1.82, 2.24) is 5.32 Å². The molecule has 3 rings (SSSR count). The molecule has 0 spiro atoms. The summed E-state index contributed by atoms with van der Waals surface area (Å²) in [5.74, 6) is 0.703. The van der Waals surface area contributed by atoms with Crippen LogP contribution >= 0.6 is 0 Å². The van der Waals surface area contributed by atoms with Crippen molar-refractivity contribution in [2.75, 3.05) is 31.3 Å². The molecule has 0 radical (unpaired) electrons. The number of nitrogens with zero attached hydrogens (tertiary/aromatic N) is 1. The fourth-order valence-corrected chi connectivity index (χ4v) is 3.68. The number of anilines is 1. The average molecular weight is 419 g/mol. The van der Waals surface area contributed by atoms with Gasteiger partial charge < -0.3 is 15.4 Å². The maximum atomic E-state index is 12.1. The number of nitro benzene ring substituents is 1. The van der Waals surface area contributed by atoms with Crippen LogP contribution in [0.4, 0.5) is 11.4 Å². The van der Waals surface area contributed by atoms with E-state index >= 15 is 0 Å². The molecule has 0 aromatic heterocycles. The first-order valence-corrected chi connectivity index (χ1v) is 10.9. The molecule has 1 heterocycles. The number of hydrogen-bond acceptors (Lipinski definition) is 7. The molecule has 2 N–H and O–H groups in total. The first-order chi connectivity index (χ1) is 13.7. The first kappa shape index (κ1) is 20.6. The van der Waals surface area contributed by atoms with Crippen molar-refractivity contribution in [2.24, 2.45) is 0 Å². The number of carbonyl (C=O) groups excluding carboxylic acids is 1. The topological polar surface area (TPSA) is 128 Å². The van der Waals surface area contributed by atoms with E-state index in [0.717, 1.165) is 35.6 Å². The van der Waals surface area contributed by atoms with E-state index in [0.29, 0.717) is 6.61 Å². The minimum atomic E-state index is -3.54. The zero-order valence-electron chi connectivity index (χ0n) is 15.8. The summed E-state index contributed by atoms with van der Waals surface area (Å²) in [7, 11) is -3.54. The van der Waals surface area contributed by atoms with Gasteiger partial charge >= 0.3 is 0 Å². The van der Waals surface area contributed by atoms with Crippen molar-refractivity contribution in [3.63, 3.8) is 0 Å². The van der Waals surface area contributed by atoms with E-state index in [1.54, 1.807) is 0 Å². The highest BCUT2D eigenvalue weighted by molar-refractivity contribution is 7.90. The van der Waals surface area contributed by atoms with Crippen LogP contribution < -0.4 is 15.4 Å². The molecule has 154 valence electrons. The van der Waals surface area contributed by atoms with Crippen molar-refractivity contribution >= 4 is 27.1 Å². The zero-order valence-corrected chi connectivity index (χ0v) is 16.6. The standard InChI is InChI=1S/C19H21N3O6S/c1-29(26,27)15-3-4-16(17(12-15)22(24)25)20-7-8-21-19(23)11-13-2-5-18-14(10-13)6-9-28-18/h2-5,10,12,20H,6-9,11H2,1H3,(H,21,23). The van der Waals surface area contributed by atoms with Crippen LogP contribution in [0.3, 0.4) is 0 Å². The van der Waals surface area contributed by atoms with E-state index in [1.165, 1.54) is 12.1 Å². The summed E-state index contributed by atoms with van der Waals surface area (Å²) in [6, 6.07) is 9.37. The molecule has 1 aliphatic rings. The van der Waals surface area contributed by atoms with Crippen molar-refractivity contribution < 1.29 is 22.9 Å². The fourth-order valence-electron chi connectivity index (χ4n) is 3.04. The van der Waals surface area contributed by atoms with Gasteiger partial charge in [0.25, 0.3) is 5.69 Å². The van der Waals surface area contributed by atoms with Crippen molar-refractivity contribution in [3.8, 4) is 5.75 Å². The summed E-state index contributed by atoms with van der Waals surface area (Å²) in [4.78, 5) is 22.6. The highest BCUT2D eigenvalue weighted by Crippen LogP contribution is 2.27. The highest BCUT2D eigenvalue weighted by Gasteiger charge is 2.18. The van der Waals surface area contributed by atoms with Crippen molar-refractivity contribution in [1.29, 1.82) is 0 Å². The number of nitrogens with one attached hydrogen (secondary N) is 2. The van der Waals surface area contributed by atoms with Gasteiger partial charge in [-0.25, -0.2) is 8.42 Å². The third-order valence-electron chi connectivity index (χ3n) is 4.48. The van der Waals surface area contributed by atoms with Gasteiger partial charge in [-0.05, 0) is 29.3 Å². The van der Waals surface area contributed by atoms with Crippen molar-refractivity contribution in [2.45, 2.75) is 17.7 Å². The van der Waals surface area contributed by atoms with Crippen molar-refractivity contribution in [3.05, 3.63) is 57.6 Å². The Bertz CT molecular complexity index is 1050. The van der Waals surface area contributed by atoms with Crippen LogP contribution in [0.2, 0.25) is 0 Å². The maximum absolute atomic E-state index is 12.1. The van der Waals surface area contributed by atoms with E-state index in [-0.39, 0.29) is 41.7 Å². The van der Waals surface area contributed by atoms with Crippen LogP contribution in [0, 0.1) is 10.1 Å². The van der Waals surface area contributed by atoms with Crippen LogP contribution in [-0.4, -0.2) is 45.2 Å². The lowest BCUT2D eigenvalue weighted by atomic mass is 10.1. The number of amides is 1. The molecule has 0 aliphatic carbocycles. The summed E-state index contributed by atoms with van der Waals surface area (Å²) >= 11 is 0. The van der Waals surface area contributed by atoms with Crippen LogP contribution in [0.25, 0.3) is 0 Å². The predicted molar refractivity (Wildman–Crippen MR) is 107 cm³/mol. The van der Waals surface area contributed by atoms with Crippen LogP contribution in [0.5, 0.6) is 5.75 Å². The second-order valence-electron chi connectivity index (χ2n) is 6.70. The smallest absolute Gasteiger partial charge is 0.293 e. The number of fused-ring (bicyclic) bond motifs is 1. The lowest BCUT2D eigenvalue weighted by Gasteiger charge is -2.10. The normalized spacial score (nSPS) is 12.7. The second kappa shape index (κ2) is 8.48. The van der Waals surface area contributed by atoms with E-state index in [9.17, 15) is 23.3 Å². The van der Waals surface area contributed by atoms with Gasteiger partial charge in [0, 0.05) is 31.8 Å². The Morgan fingerprint density at radius 1 is 1.21 bits per heavy atom. The Kier molecular flexibility index (Phi) is 6.02.